The van der Waals surface area contributed by atoms with Crippen LogP contribution >= 0.6 is 15.9 Å². The van der Waals surface area contributed by atoms with E-state index in [9.17, 15) is 0 Å². The van der Waals surface area contributed by atoms with E-state index in [4.69, 9.17) is 0 Å². The van der Waals surface area contributed by atoms with Gasteiger partial charge in [0.25, 0.3) is 0 Å². The lowest BCUT2D eigenvalue weighted by Gasteiger charge is -2.23. The van der Waals surface area contributed by atoms with Gasteiger partial charge in [-0.25, -0.2) is 9.97 Å². The standard InChI is InChI=1S/C14H16BrN3/c1-14(2,3)10-6-4-5-7-12(10)18-13-11(15)8-16-9-17-13/h4-9H,1-3H3,(H,16,17,18). The summed E-state index contributed by atoms with van der Waals surface area (Å²) in [5, 5.41) is 3.35. The summed E-state index contributed by atoms with van der Waals surface area (Å²) in [5.41, 5.74) is 2.42. The number of nitrogens with zero attached hydrogens (tertiary/aromatic N) is 2. The van der Waals surface area contributed by atoms with Crippen LogP contribution < -0.4 is 5.32 Å². The van der Waals surface area contributed by atoms with Crippen LogP contribution in [-0.2, 0) is 5.41 Å². The molecule has 0 radical (unpaired) electrons. The van der Waals surface area contributed by atoms with Crippen molar-refractivity contribution in [2.75, 3.05) is 5.32 Å². The van der Waals surface area contributed by atoms with Gasteiger partial charge in [0.05, 0.1) is 4.47 Å². The Morgan fingerprint density at radius 2 is 1.89 bits per heavy atom. The Hall–Kier alpha value is -1.42. The summed E-state index contributed by atoms with van der Waals surface area (Å²) >= 11 is 3.44. The summed E-state index contributed by atoms with van der Waals surface area (Å²) in [4.78, 5) is 8.19. The molecule has 0 atom stereocenters. The summed E-state index contributed by atoms with van der Waals surface area (Å²) in [7, 11) is 0. The minimum absolute atomic E-state index is 0.0864. The van der Waals surface area contributed by atoms with E-state index in [2.05, 4.69) is 70.2 Å². The average Bonchev–Trinajstić information content (AvgIpc) is 2.31. The molecule has 2 aromatic rings. The Kier molecular flexibility index (Phi) is 3.66. The summed E-state index contributed by atoms with van der Waals surface area (Å²) in [5.74, 6) is 0.779. The molecule has 0 aliphatic carbocycles. The van der Waals surface area contributed by atoms with Crippen molar-refractivity contribution in [1.29, 1.82) is 0 Å². The van der Waals surface area contributed by atoms with Crippen molar-refractivity contribution in [1.82, 2.24) is 9.97 Å². The van der Waals surface area contributed by atoms with E-state index in [1.54, 1.807) is 6.20 Å². The molecule has 0 saturated heterocycles. The highest BCUT2D eigenvalue weighted by Gasteiger charge is 2.17. The van der Waals surface area contributed by atoms with Gasteiger partial charge >= 0.3 is 0 Å². The highest BCUT2D eigenvalue weighted by Crippen LogP contribution is 2.32. The van der Waals surface area contributed by atoms with E-state index in [0.29, 0.717) is 0 Å². The Morgan fingerprint density at radius 3 is 2.56 bits per heavy atom. The minimum atomic E-state index is 0.0864. The number of hydrogen-bond acceptors (Lipinski definition) is 3. The van der Waals surface area contributed by atoms with E-state index in [-0.39, 0.29) is 5.41 Å². The quantitative estimate of drug-likeness (QED) is 0.900. The lowest BCUT2D eigenvalue weighted by atomic mass is 9.86. The molecule has 0 aliphatic heterocycles. The number of para-hydroxylation sites is 1. The Balaban J connectivity index is 2.39. The predicted molar refractivity (Wildman–Crippen MR) is 78.2 cm³/mol. The maximum atomic E-state index is 4.23. The van der Waals surface area contributed by atoms with E-state index in [1.807, 2.05) is 6.07 Å². The lowest BCUT2D eigenvalue weighted by molar-refractivity contribution is 0.592. The molecule has 0 bridgehead atoms. The third kappa shape index (κ3) is 2.88. The third-order valence-corrected chi connectivity index (χ3v) is 3.24. The van der Waals surface area contributed by atoms with Gasteiger partial charge in [-0.3, -0.25) is 0 Å². The normalized spacial score (nSPS) is 11.3. The molecule has 0 spiro atoms. The van der Waals surface area contributed by atoms with Crippen LogP contribution in [0.25, 0.3) is 0 Å². The van der Waals surface area contributed by atoms with Crippen LogP contribution in [0.5, 0.6) is 0 Å². The highest BCUT2D eigenvalue weighted by atomic mass is 79.9. The lowest BCUT2D eigenvalue weighted by Crippen LogP contribution is -2.13. The zero-order valence-corrected chi connectivity index (χ0v) is 12.3. The molecule has 1 aromatic carbocycles. The Bertz CT molecular complexity index is 547. The van der Waals surface area contributed by atoms with Crippen molar-refractivity contribution in [3.05, 3.63) is 46.8 Å². The van der Waals surface area contributed by atoms with Crippen LogP contribution in [0.3, 0.4) is 0 Å². The molecule has 94 valence electrons. The third-order valence-electron chi connectivity index (χ3n) is 2.66. The summed E-state index contributed by atoms with van der Waals surface area (Å²) in [6.07, 6.45) is 3.27. The molecular weight excluding hydrogens is 290 g/mol. The SMILES string of the molecule is CC(C)(C)c1ccccc1Nc1ncncc1Br. The minimum Gasteiger partial charge on any atom is -0.339 e. The van der Waals surface area contributed by atoms with Gasteiger partial charge in [-0.15, -0.1) is 0 Å². The second-order valence-electron chi connectivity index (χ2n) is 5.14. The number of halogens is 1. The van der Waals surface area contributed by atoms with E-state index in [1.165, 1.54) is 11.9 Å². The van der Waals surface area contributed by atoms with Crippen LogP contribution in [0.2, 0.25) is 0 Å². The first kappa shape index (κ1) is 13.0. The second kappa shape index (κ2) is 5.06. The molecule has 0 aliphatic rings. The van der Waals surface area contributed by atoms with Crippen LogP contribution in [0.1, 0.15) is 26.3 Å². The molecule has 1 N–H and O–H groups in total. The van der Waals surface area contributed by atoms with Gasteiger partial charge in [0.15, 0.2) is 0 Å². The first-order valence-corrected chi connectivity index (χ1v) is 6.60. The maximum Gasteiger partial charge on any atom is 0.148 e. The zero-order chi connectivity index (χ0) is 13.2. The molecule has 1 heterocycles. The largest absolute Gasteiger partial charge is 0.339 e. The predicted octanol–water partition coefficient (Wildman–Crippen LogP) is 4.28. The zero-order valence-electron chi connectivity index (χ0n) is 10.7. The van der Waals surface area contributed by atoms with E-state index in [0.717, 1.165) is 16.0 Å². The van der Waals surface area contributed by atoms with Crippen LogP contribution in [-0.4, -0.2) is 9.97 Å². The van der Waals surface area contributed by atoms with Gasteiger partial charge in [-0.1, -0.05) is 39.0 Å². The number of hydrogen-bond donors (Lipinski definition) is 1. The van der Waals surface area contributed by atoms with Crippen molar-refractivity contribution in [2.45, 2.75) is 26.2 Å². The highest BCUT2D eigenvalue weighted by molar-refractivity contribution is 9.10. The van der Waals surface area contributed by atoms with Crippen LogP contribution in [0.4, 0.5) is 11.5 Å². The van der Waals surface area contributed by atoms with Crippen molar-refractivity contribution < 1.29 is 0 Å². The number of rotatable bonds is 2. The van der Waals surface area contributed by atoms with Gasteiger partial charge in [0.1, 0.15) is 12.1 Å². The van der Waals surface area contributed by atoms with Gasteiger partial charge in [-0.05, 0) is 33.0 Å². The monoisotopic (exact) mass is 305 g/mol. The summed E-state index contributed by atoms with van der Waals surface area (Å²) < 4.78 is 0.855. The van der Waals surface area contributed by atoms with Crippen LogP contribution in [0.15, 0.2) is 41.3 Å². The molecule has 0 amide bonds. The fourth-order valence-electron chi connectivity index (χ4n) is 1.78. The van der Waals surface area contributed by atoms with Crippen molar-refractivity contribution >= 4 is 27.4 Å². The summed E-state index contributed by atoms with van der Waals surface area (Å²) in [6, 6.07) is 8.28. The molecule has 4 heteroatoms. The Labute approximate surface area is 116 Å². The fourth-order valence-corrected chi connectivity index (χ4v) is 2.10. The Morgan fingerprint density at radius 1 is 1.17 bits per heavy atom. The van der Waals surface area contributed by atoms with Gasteiger partial charge in [0.2, 0.25) is 0 Å². The van der Waals surface area contributed by atoms with E-state index >= 15 is 0 Å². The van der Waals surface area contributed by atoms with Crippen molar-refractivity contribution in [2.24, 2.45) is 0 Å². The fraction of sp³-hybridized carbons (Fsp3) is 0.286. The number of anilines is 2. The molecule has 0 fully saturated rings. The van der Waals surface area contributed by atoms with Crippen molar-refractivity contribution in [3.8, 4) is 0 Å². The van der Waals surface area contributed by atoms with Crippen molar-refractivity contribution in [3.63, 3.8) is 0 Å². The van der Waals surface area contributed by atoms with E-state index < -0.39 is 0 Å². The number of nitrogens with one attached hydrogen (secondary N) is 1. The number of aromatic nitrogens is 2. The smallest absolute Gasteiger partial charge is 0.148 e. The number of benzene rings is 1. The molecule has 0 saturated carbocycles. The topological polar surface area (TPSA) is 37.8 Å². The molecule has 18 heavy (non-hydrogen) atoms. The second-order valence-corrected chi connectivity index (χ2v) is 5.99. The molecular formula is C14H16BrN3. The molecule has 2 rings (SSSR count). The maximum absolute atomic E-state index is 4.23. The molecule has 3 nitrogen and oxygen atoms in total. The molecule has 1 aromatic heterocycles. The van der Waals surface area contributed by atoms with Crippen LogP contribution in [0, 0.1) is 0 Å². The molecule has 0 unspecified atom stereocenters. The van der Waals surface area contributed by atoms with Gasteiger partial charge in [-0.2, -0.15) is 0 Å². The first-order chi connectivity index (χ1) is 8.48. The first-order valence-electron chi connectivity index (χ1n) is 5.80. The van der Waals surface area contributed by atoms with Gasteiger partial charge in [0, 0.05) is 11.9 Å². The average molecular weight is 306 g/mol. The summed E-state index contributed by atoms with van der Waals surface area (Å²) in [6.45, 7) is 6.59. The van der Waals surface area contributed by atoms with Gasteiger partial charge < -0.3 is 5.32 Å².